The highest BCUT2D eigenvalue weighted by Gasteiger charge is 2.29. The molecule has 2 aliphatic rings. The molecule has 44 heavy (non-hydrogen) atoms. The molecule has 1 aliphatic heterocycles. The fourth-order valence-corrected chi connectivity index (χ4v) is 6.93. The van der Waals surface area contributed by atoms with E-state index in [9.17, 15) is 26.4 Å². The van der Waals surface area contributed by atoms with Gasteiger partial charge in [0.2, 0.25) is 21.9 Å². The number of benzene rings is 1. The van der Waals surface area contributed by atoms with Crippen LogP contribution in [0.3, 0.4) is 0 Å². The maximum absolute atomic E-state index is 12.9. The van der Waals surface area contributed by atoms with Crippen molar-refractivity contribution >= 4 is 42.9 Å². The second-order valence-corrected chi connectivity index (χ2v) is 14.8. The number of sulfonamides is 1. The summed E-state index contributed by atoms with van der Waals surface area (Å²) in [6.45, 7) is 0.594. The van der Waals surface area contributed by atoms with Gasteiger partial charge in [-0.3, -0.25) is 14.2 Å². The molecule has 1 amide bonds. The zero-order valence-electron chi connectivity index (χ0n) is 23.8. The van der Waals surface area contributed by atoms with Gasteiger partial charge in [0.1, 0.15) is 18.5 Å². The molecule has 17 heteroatoms. The van der Waals surface area contributed by atoms with Crippen molar-refractivity contribution in [2.75, 3.05) is 24.7 Å². The zero-order valence-corrected chi connectivity index (χ0v) is 25.5. The fraction of sp³-hybridized carbons (Fsp3) is 0.407. The first kappa shape index (κ1) is 29.8. The van der Waals surface area contributed by atoms with E-state index >= 15 is 0 Å². The van der Waals surface area contributed by atoms with E-state index in [0.29, 0.717) is 42.7 Å². The van der Waals surface area contributed by atoms with Crippen LogP contribution in [-0.2, 0) is 37.9 Å². The number of nitrogens with one attached hydrogen (secondary N) is 2. The summed E-state index contributed by atoms with van der Waals surface area (Å²) in [6, 6.07) is 8.97. The third-order valence-electron chi connectivity index (χ3n) is 7.67. The minimum Gasteiger partial charge on any atom is -0.351 e. The molecule has 0 radical (unpaired) electrons. The Bertz CT molecular complexity index is 1980. The molecule has 3 aromatic heterocycles. The van der Waals surface area contributed by atoms with Gasteiger partial charge in [0.25, 0.3) is 15.6 Å². The van der Waals surface area contributed by atoms with Crippen LogP contribution in [0.2, 0.25) is 0 Å². The van der Waals surface area contributed by atoms with E-state index in [-0.39, 0.29) is 41.5 Å². The SMILES string of the molecule is CS(=O)(=O)N1CCC(Nc2ncc3ccc(=O)n(CC(=O)NCc4ccc(S(=O)(=O)n5cnc(C6CC6)n5)cc4)c3n2)CC1. The van der Waals surface area contributed by atoms with Gasteiger partial charge in [-0.15, -0.1) is 9.19 Å². The van der Waals surface area contributed by atoms with Gasteiger partial charge in [-0.1, -0.05) is 12.1 Å². The summed E-state index contributed by atoms with van der Waals surface area (Å²) < 4.78 is 53.0. The third-order valence-corrected chi connectivity index (χ3v) is 10.5. The molecule has 15 nitrogen and oxygen atoms in total. The first-order chi connectivity index (χ1) is 21.0. The number of amides is 1. The number of hydrogen-bond acceptors (Lipinski definition) is 11. The van der Waals surface area contributed by atoms with Crippen LogP contribution in [0.1, 0.15) is 43.0 Å². The topological polar surface area (TPSA) is 191 Å². The van der Waals surface area contributed by atoms with Crippen LogP contribution in [0, 0.1) is 0 Å². The van der Waals surface area contributed by atoms with Crippen molar-refractivity contribution in [3.63, 3.8) is 0 Å². The van der Waals surface area contributed by atoms with Gasteiger partial charge in [0, 0.05) is 49.2 Å². The molecule has 0 spiro atoms. The third kappa shape index (κ3) is 6.48. The number of pyridine rings is 1. The average molecular weight is 642 g/mol. The Kier molecular flexibility index (Phi) is 7.93. The minimum absolute atomic E-state index is 0.0459. The molecule has 1 saturated heterocycles. The van der Waals surface area contributed by atoms with Gasteiger partial charge in [0.05, 0.1) is 11.2 Å². The molecule has 4 aromatic rings. The van der Waals surface area contributed by atoms with Crippen molar-refractivity contribution in [3.05, 3.63) is 70.7 Å². The summed E-state index contributed by atoms with van der Waals surface area (Å²) >= 11 is 0. The number of rotatable bonds is 10. The Morgan fingerprint density at radius 1 is 0.977 bits per heavy atom. The van der Waals surface area contributed by atoms with Crippen LogP contribution >= 0.6 is 0 Å². The van der Waals surface area contributed by atoms with Gasteiger partial charge in [0.15, 0.2) is 5.82 Å². The van der Waals surface area contributed by atoms with Crippen molar-refractivity contribution < 1.29 is 21.6 Å². The number of fused-ring (bicyclic) bond motifs is 1. The molecule has 232 valence electrons. The molecular weight excluding hydrogens is 610 g/mol. The van der Waals surface area contributed by atoms with Crippen LogP contribution in [-0.4, -0.2) is 81.1 Å². The van der Waals surface area contributed by atoms with E-state index in [1.165, 1.54) is 39.7 Å². The van der Waals surface area contributed by atoms with E-state index in [0.717, 1.165) is 16.9 Å². The number of carbonyl (C=O) groups excluding carboxylic acids is 1. The molecule has 1 aromatic carbocycles. The second kappa shape index (κ2) is 11.7. The average Bonchev–Trinajstić information content (AvgIpc) is 3.73. The lowest BCUT2D eigenvalue weighted by Crippen LogP contribution is -2.42. The quantitative estimate of drug-likeness (QED) is 0.247. The number of anilines is 1. The molecule has 2 N–H and O–H groups in total. The number of aromatic nitrogens is 6. The van der Waals surface area contributed by atoms with Crippen LogP contribution in [0.4, 0.5) is 5.95 Å². The minimum atomic E-state index is -3.89. The Morgan fingerprint density at radius 2 is 1.70 bits per heavy atom. The molecule has 0 atom stereocenters. The lowest BCUT2D eigenvalue weighted by atomic mass is 10.1. The normalized spacial score (nSPS) is 16.7. The number of nitrogens with zero attached hydrogens (tertiary/aromatic N) is 7. The number of piperidine rings is 1. The monoisotopic (exact) mass is 641 g/mol. The van der Waals surface area contributed by atoms with Crippen molar-refractivity contribution in [2.45, 2.75) is 55.6 Å². The summed E-state index contributed by atoms with van der Waals surface area (Å²) in [5.74, 6) is 0.601. The second-order valence-electron chi connectivity index (χ2n) is 11.0. The van der Waals surface area contributed by atoms with Crippen molar-refractivity contribution in [2.24, 2.45) is 0 Å². The molecule has 0 bridgehead atoms. The Labute approximate surface area is 253 Å². The van der Waals surface area contributed by atoms with Crippen LogP contribution in [0.5, 0.6) is 0 Å². The first-order valence-electron chi connectivity index (χ1n) is 14.1. The van der Waals surface area contributed by atoms with Gasteiger partial charge in [-0.2, -0.15) is 13.4 Å². The molecule has 1 saturated carbocycles. The fourth-order valence-electron chi connectivity index (χ4n) is 5.00. The summed E-state index contributed by atoms with van der Waals surface area (Å²) in [5, 5.41) is 10.7. The predicted molar refractivity (Wildman–Crippen MR) is 160 cm³/mol. The van der Waals surface area contributed by atoms with E-state index in [1.54, 1.807) is 24.4 Å². The van der Waals surface area contributed by atoms with E-state index in [2.05, 4.69) is 30.7 Å². The highest BCUT2D eigenvalue weighted by atomic mass is 32.2. The molecule has 4 heterocycles. The van der Waals surface area contributed by atoms with Gasteiger partial charge < -0.3 is 10.6 Å². The van der Waals surface area contributed by atoms with Gasteiger partial charge in [-0.25, -0.2) is 22.7 Å². The summed E-state index contributed by atoms with van der Waals surface area (Å²) in [7, 11) is -7.13. The van der Waals surface area contributed by atoms with E-state index in [1.807, 2.05) is 0 Å². The summed E-state index contributed by atoms with van der Waals surface area (Å²) in [5.41, 5.74) is 0.535. The number of hydrogen-bond donors (Lipinski definition) is 2. The first-order valence-corrected chi connectivity index (χ1v) is 17.4. The van der Waals surface area contributed by atoms with Crippen molar-refractivity contribution in [3.8, 4) is 0 Å². The lowest BCUT2D eigenvalue weighted by molar-refractivity contribution is -0.121. The Hall–Kier alpha value is -4.22. The smallest absolute Gasteiger partial charge is 0.284 e. The van der Waals surface area contributed by atoms with E-state index in [4.69, 9.17) is 0 Å². The van der Waals surface area contributed by atoms with Crippen LogP contribution in [0.15, 0.2) is 58.6 Å². The molecule has 1 aliphatic carbocycles. The molecule has 2 fully saturated rings. The van der Waals surface area contributed by atoms with E-state index < -0.39 is 31.5 Å². The molecule has 6 rings (SSSR count). The predicted octanol–water partition coefficient (Wildman–Crippen LogP) is 0.650. The van der Waals surface area contributed by atoms with Gasteiger partial charge in [-0.05, 0) is 49.4 Å². The summed E-state index contributed by atoms with van der Waals surface area (Å²) in [4.78, 5) is 38.6. The lowest BCUT2D eigenvalue weighted by Gasteiger charge is -2.30. The zero-order chi connectivity index (χ0) is 31.1. The molecular formula is C27H31N9O6S2. The van der Waals surface area contributed by atoms with Crippen LogP contribution < -0.4 is 16.2 Å². The summed E-state index contributed by atoms with van der Waals surface area (Å²) in [6.07, 6.45) is 7.03. The number of carbonyl (C=O) groups is 1. The maximum atomic E-state index is 12.9. The molecule has 0 unspecified atom stereocenters. The highest BCUT2D eigenvalue weighted by molar-refractivity contribution is 7.89. The largest absolute Gasteiger partial charge is 0.351 e. The van der Waals surface area contributed by atoms with Crippen molar-refractivity contribution in [1.82, 2.24) is 38.3 Å². The highest BCUT2D eigenvalue weighted by Crippen LogP contribution is 2.37. The van der Waals surface area contributed by atoms with Crippen LogP contribution in [0.25, 0.3) is 11.0 Å². The Balaban J connectivity index is 1.09. The standard InChI is InChI=1S/C27H31N9O6S2/c1-43(39,40)34-12-10-21(11-13-34)31-27-29-15-20-6-9-24(38)35(26(20)32-27)16-23(37)28-14-18-2-7-22(8-3-18)44(41,42)36-17-30-25(33-36)19-4-5-19/h2-3,6-9,15,17,19,21H,4-5,10-14,16H2,1H3,(H,28,37)(H,29,31,32). The van der Waals surface area contributed by atoms with Gasteiger partial charge >= 0.3 is 0 Å². The van der Waals surface area contributed by atoms with Crippen molar-refractivity contribution in [1.29, 1.82) is 0 Å². The Morgan fingerprint density at radius 3 is 2.39 bits per heavy atom. The maximum Gasteiger partial charge on any atom is 0.284 e.